The van der Waals surface area contributed by atoms with Crippen LogP contribution in [-0.4, -0.2) is 15.0 Å². The van der Waals surface area contributed by atoms with Crippen LogP contribution in [0.3, 0.4) is 0 Å². The molecule has 5 heteroatoms. The molecule has 1 N–H and O–H groups in total. The normalized spacial score (nSPS) is 11.4. The predicted molar refractivity (Wildman–Crippen MR) is 69.0 cm³/mol. The summed E-state index contributed by atoms with van der Waals surface area (Å²) in [7, 11) is -3.44. The van der Waals surface area contributed by atoms with Crippen LogP contribution in [0.15, 0.2) is 34.2 Å². The molecule has 1 rings (SSSR count). The van der Waals surface area contributed by atoms with Gasteiger partial charge < -0.3 is 0 Å². The van der Waals surface area contributed by atoms with E-state index in [4.69, 9.17) is 0 Å². The Morgan fingerprint density at radius 3 is 2.56 bits per heavy atom. The van der Waals surface area contributed by atoms with Crippen molar-refractivity contribution in [2.45, 2.75) is 18.7 Å². The molecule has 0 saturated carbocycles. The van der Waals surface area contributed by atoms with Crippen LogP contribution in [0.5, 0.6) is 0 Å². The van der Waals surface area contributed by atoms with Crippen molar-refractivity contribution < 1.29 is 8.42 Å². The van der Waals surface area contributed by atoms with E-state index in [0.29, 0.717) is 4.90 Å². The first kappa shape index (κ1) is 13.4. The average Bonchev–Trinajstić information content (AvgIpc) is 2.20. The second-order valence-electron chi connectivity index (χ2n) is 3.51. The average molecular weight is 304 g/mol. The van der Waals surface area contributed by atoms with Gasteiger partial charge in [0.05, 0.1) is 4.90 Å². The van der Waals surface area contributed by atoms with Gasteiger partial charge in [-0.15, -0.1) is 6.58 Å². The fourth-order valence-corrected chi connectivity index (χ4v) is 3.09. The minimum absolute atomic E-state index is 0.229. The largest absolute Gasteiger partial charge is 0.241 e. The molecule has 16 heavy (non-hydrogen) atoms. The van der Waals surface area contributed by atoms with E-state index in [1.807, 2.05) is 13.0 Å². The van der Waals surface area contributed by atoms with Gasteiger partial charge in [-0.3, -0.25) is 0 Å². The highest BCUT2D eigenvalue weighted by Gasteiger charge is 2.16. The molecule has 0 unspecified atom stereocenters. The van der Waals surface area contributed by atoms with E-state index in [2.05, 4.69) is 27.2 Å². The third-order valence-corrected chi connectivity index (χ3v) is 4.58. The molecule has 3 nitrogen and oxygen atoms in total. The van der Waals surface area contributed by atoms with E-state index in [-0.39, 0.29) is 6.54 Å². The smallest absolute Gasteiger partial charge is 0.207 e. The maximum Gasteiger partial charge on any atom is 0.241 e. The fraction of sp³-hybridized carbons (Fsp3) is 0.273. The summed E-state index contributed by atoms with van der Waals surface area (Å²) in [5, 5.41) is 0. The molecule has 0 spiro atoms. The third kappa shape index (κ3) is 2.93. The summed E-state index contributed by atoms with van der Waals surface area (Å²) >= 11 is 3.33. The maximum atomic E-state index is 11.9. The van der Waals surface area contributed by atoms with Gasteiger partial charge in [0.15, 0.2) is 0 Å². The summed E-state index contributed by atoms with van der Waals surface area (Å²) in [5.74, 6) is 0. The number of rotatable bonds is 4. The lowest BCUT2D eigenvalue weighted by molar-refractivity contribution is 0.585. The quantitative estimate of drug-likeness (QED) is 0.869. The van der Waals surface area contributed by atoms with Crippen LogP contribution in [0.1, 0.15) is 11.1 Å². The van der Waals surface area contributed by atoms with E-state index in [1.165, 1.54) is 6.08 Å². The van der Waals surface area contributed by atoms with Crippen molar-refractivity contribution >= 4 is 26.0 Å². The van der Waals surface area contributed by atoms with E-state index in [9.17, 15) is 8.42 Å². The number of hydrogen-bond acceptors (Lipinski definition) is 2. The van der Waals surface area contributed by atoms with Crippen LogP contribution in [0.2, 0.25) is 0 Å². The standard InChI is InChI=1S/C11H14BrNO2S/c1-4-5-13-16(14,15)11-7-10(12)8(2)6-9(11)3/h4,6-7,13H,1,5H2,2-3H3. The van der Waals surface area contributed by atoms with Gasteiger partial charge in [0.25, 0.3) is 0 Å². The minimum Gasteiger partial charge on any atom is -0.207 e. The van der Waals surface area contributed by atoms with Crippen LogP contribution in [0, 0.1) is 13.8 Å². The summed E-state index contributed by atoms with van der Waals surface area (Å²) in [4.78, 5) is 0.298. The Labute approximate surface area is 105 Å². The van der Waals surface area contributed by atoms with E-state index in [1.54, 1.807) is 13.0 Å². The molecule has 0 radical (unpaired) electrons. The molecular weight excluding hydrogens is 290 g/mol. The lowest BCUT2D eigenvalue weighted by Crippen LogP contribution is -2.24. The molecule has 0 bridgehead atoms. The highest BCUT2D eigenvalue weighted by molar-refractivity contribution is 9.10. The van der Waals surface area contributed by atoms with E-state index in [0.717, 1.165) is 15.6 Å². The Morgan fingerprint density at radius 1 is 1.38 bits per heavy atom. The number of aryl methyl sites for hydroxylation is 2. The van der Waals surface area contributed by atoms with Crippen molar-refractivity contribution in [3.05, 3.63) is 40.4 Å². The van der Waals surface area contributed by atoms with Gasteiger partial charge >= 0.3 is 0 Å². The number of sulfonamides is 1. The second kappa shape index (κ2) is 5.12. The molecule has 88 valence electrons. The molecule has 0 aromatic heterocycles. The summed E-state index contributed by atoms with van der Waals surface area (Å²) in [5.41, 5.74) is 1.75. The zero-order valence-corrected chi connectivity index (χ0v) is 11.7. The molecule has 0 aliphatic heterocycles. The summed E-state index contributed by atoms with van der Waals surface area (Å²) in [6.45, 7) is 7.41. The second-order valence-corrected chi connectivity index (χ2v) is 6.10. The van der Waals surface area contributed by atoms with Crippen LogP contribution in [0.25, 0.3) is 0 Å². The van der Waals surface area contributed by atoms with Gasteiger partial charge in [0.1, 0.15) is 0 Å². The zero-order chi connectivity index (χ0) is 12.3. The van der Waals surface area contributed by atoms with Crippen molar-refractivity contribution in [2.75, 3.05) is 6.54 Å². The number of nitrogens with one attached hydrogen (secondary N) is 1. The first-order valence-corrected chi connectivity index (χ1v) is 7.03. The Kier molecular flexibility index (Phi) is 4.29. The van der Waals surface area contributed by atoms with Gasteiger partial charge in [-0.25, -0.2) is 13.1 Å². The monoisotopic (exact) mass is 303 g/mol. The molecule has 1 aromatic rings. The van der Waals surface area contributed by atoms with Crippen LogP contribution in [-0.2, 0) is 10.0 Å². The highest BCUT2D eigenvalue weighted by atomic mass is 79.9. The van der Waals surface area contributed by atoms with Gasteiger partial charge in [-0.1, -0.05) is 28.1 Å². The Hall–Kier alpha value is -0.650. The molecule has 0 atom stereocenters. The van der Waals surface area contributed by atoms with Crippen molar-refractivity contribution in [1.29, 1.82) is 0 Å². The Morgan fingerprint density at radius 2 is 2.00 bits per heavy atom. The molecule has 0 amide bonds. The van der Waals surface area contributed by atoms with Gasteiger partial charge in [0.2, 0.25) is 10.0 Å². The van der Waals surface area contributed by atoms with Crippen molar-refractivity contribution in [1.82, 2.24) is 4.72 Å². The Balaban J connectivity index is 3.23. The number of hydrogen-bond donors (Lipinski definition) is 1. The lowest BCUT2D eigenvalue weighted by atomic mass is 10.2. The van der Waals surface area contributed by atoms with Gasteiger partial charge in [0, 0.05) is 11.0 Å². The van der Waals surface area contributed by atoms with Crippen molar-refractivity contribution in [2.24, 2.45) is 0 Å². The number of halogens is 1. The van der Waals surface area contributed by atoms with Crippen LogP contribution >= 0.6 is 15.9 Å². The van der Waals surface area contributed by atoms with Crippen LogP contribution < -0.4 is 4.72 Å². The summed E-state index contributed by atoms with van der Waals surface area (Å²) in [6, 6.07) is 3.46. The summed E-state index contributed by atoms with van der Waals surface area (Å²) in [6.07, 6.45) is 1.51. The molecule has 0 saturated heterocycles. The fourth-order valence-electron chi connectivity index (χ4n) is 1.34. The first-order valence-electron chi connectivity index (χ1n) is 4.76. The van der Waals surface area contributed by atoms with Crippen molar-refractivity contribution in [3.8, 4) is 0 Å². The molecule has 0 heterocycles. The minimum atomic E-state index is -3.44. The van der Waals surface area contributed by atoms with Gasteiger partial charge in [-0.2, -0.15) is 0 Å². The van der Waals surface area contributed by atoms with Crippen LogP contribution in [0.4, 0.5) is 0 Å². The molecule has 0 fully saturated rings. The maximum absolute atomic E-state index is 11.9. The molecule has 1 aromatic carbocycles. The number of benzene rings is 1. The Bertz CT molecular complexity index is 509. The van der Waals surface area contributed by atoms with E-state index >= 15 is 0 Å². The topological polar surface area (TPSA) is 46.2 Å². The van der Waals surface area contributed by atoms with Crippen molar-refractivity contribution in [3.63, 3.8) is 0 Å². The lowest BCUT2D eigenvalue weighted by Gasteiger charge is -2.10. The first-order chi connectivity index (χ1) is 7.38. The third-order valence-electron chi connectivity index (χ3n) is 2.16. The van der Waals surface area contributed by atoms with Gasteiger partial charge in [-0.05, 0) is 31.0 Å². The summed E-state index contributed by atoms with van der Waals surface area (Å²) < 4.78 is 27.0. The zero-order valence-electron chi connectivity index (χ0n) is 9.25. The highest BCUT2D eigenvalue weighted by Crippen LogP contribution is 2.24. The van der Waals surface area contributed by atoms with E-state index < -0.39 is 10.0 Å². The predicted octanol–water partition coefficient (Wildman–Crippen LogP) is 2.53. The molecular formula is C11H14BrNO2S. The SMILES string of the molecule is C=CCNS(=O)(=O)c1cc(Br)c(C)cc1C. The molecule has 0 aliphatic carbocycles. The molecule has 0 aliphatic rings.